The van der Waals surface area contributed by atoms with Crippen molar-refractivity contribution < 1.29 is 9.13 Å². The molecule has 88 valence electrons. The number of ether oxygens (including phenoxy) is 1. The van der Waals surface area contributed by atoms with E-state index in [1.807, 2.05) is 13.0 Å². The van der Waals surface area contributed by atoms with Crippen molar-refractivity contribution in [3.8, 4) is 0 Å². The molecule has 1 aromatic carbocycles. The standard InChI is InChI=1S/C12H17FN2O/c1-9(14)12-10(13)3-2-4-11(12)15-5-7-16-8-6-15/h2-4,9H,5-8,14H2,1H3/t9-/m1/s1. The summed E-state index contributed by atoms with van der Waals surface area (Å²) in [7, 11) is 0. The molecule has 0 amide bonds. The van der Waals surface area contributed by atoms with Crippen LogP contribution in [0.3, 0.4) is 0 Å². The van der Waals surface area contributed by atoms with E-state index in [9.17, 15) is 4.39 Å². The third kappa shape index (κ3) is 2.18. The summed E-state index contributed by atoms with van der Waals surface area (Å²) in [5.41, 5.74) is 7.33. The Balaban J connectivity index is 2.34. The summed E-state index contributed by atoms with van der Waals surface area (Å²) >= 11 is 0. The molecule has 0 radical (unpaired) electrons. The van der Waals surface area contributed by atoms with Crippen LogP contribution in [0.5, 0.6) is 0 Å². The van der Waals surface area contributed by atoms with Crippen molar-refractivity contribution in [2.75, 3.05) is 31.2 Å². The summed E-state index contributed by atoms with van der Waals surface area (Å²) in [5, 5.41) is 0. The molecule has 1 saturated heterocycles. The number of morpholine rings is 1. The van der Waals surface area contributed by atoms with E-state index < -0.39 is 0 Å². The molecule has 2 N–H and O–H groups in total. The van der Waals surface area contributed by atoms with Crippen LogP contribution < -0.4 is 10.6 Å². The Morgan fingerprint density at radius 2 is 2.06 bits per heavy atom. The molecule has 0 aliphatic carbocycles. The van der Waals surface area contributed by atoms with Crippen LogP contribution in [0, 0.1) is 5.82 Å². The van der Waals surface area contributed by atoms with Crippen LogP contribution in [0.4, 0.5) is 10.1 Å². The largest absolute Gasteiger partial charge is 0.378 e. The molecule has 1 heterocycles. The van der Waals surface area contributed by atoms with Crippen molar-refractivity contribution in [3.05, 3.63) is 29.6 Å². The van der Waals surface area contributed by atoms with Crippen LogP contribution in [0.2, 0.25) is 0 Å². The minimum absolute atomic E-state index is 0.223. The highest BCUT2D eigenvalue weighted by molar-refractivity contribution is 5.55. The number of halogens is 1. The third-order valence-corrected chi connectivity index (χ3v) is 2.84. The van der Waals surface area contributed by atoms with Gasteiger partial charge in [-0.25, -0.2) is 4.39 Å². The van der Waals surface area contributed by atoms with Gasteiger partial charge in [-0.3, -0.25) is 0 Å². The molecule has 16 heavy (non-hydrogen) atoms. The molecule has 2 rings (SSSR count). The van der Waals surface area contributed by atoms with Gasteiger partial charge in [0.2, 0.25) is 0 Å². The first-order valence-electron chi connectivity index (χ1n) is 5.57. The van der Waals surface area contributed by atoms with Gasteiger partial charge in [0.1, 0.15) is 5.82 Å². The zero-order chi connectivity index (χ0) is 11.5. The lowest BCUT2D eigenvalue weighted by Gasteiger charge is -2.31. The molecule has 1 fully saturated rings. The van der Waals surface area contributed by atoms with Crippen LogP contribution in [-0.4, -0.2) is 26.3 Å². The Hall–Kier alpha value is -1.13. The van der Waals surface area contributed by atoms with Gasteiger partial charge in [-0.1, -0.05) is 6.07 Å². The van der Waals surface area contributed by atoms with Gasteiger partial charge in [-0.15, -0.1) is 0 Å². The molecule has 0 spiro atoms. The van der Waals surface area contributed by atoms with Crippen LogP contribution >= 0.6 is 0 Å². The van der Waals surface area contributed by atoms with Crippen molar-refractivity contribution in [1.82, 2.24) is 0 Å². The third-order valence-electron chi connectivity index (χ3n) is 2.84. The second kappa shape index (κ2) is 4.80. The highest BCUT2D eigenvalue weighted by atomic mass is 19.1. The quantitative estimate of drug-likeness (QED) is 0.830. The fourth-order valence-electron chi connectivity index (χ4n) is 2.06. The topological polar surface area (TPSA) is 38.5 Å². The lowest BCUT2D eigenvalue weighted by Crippen LogP contribution is -2.37. The summed E-state index contributed by atoms with van der Waals surface area (Å²) in [4.78, 5) is 2.13. The van der Waals surface area contributed by atoms with E-state index in [1.165, 1.54) is 6.07 Å². The molecule has 0 aromatic heterocycles. The average molecular weight is 224 g/mol. The molecule has 1 aromatic rings. The van der Waals surface area contributed by atoms with E-state index in [0.717, 1.165) is 18.8 Å². The molecular weight excluding hydrogens is 207 g/mol. The summed E-state index contributed by atoms with van der Waals surface area (Å²) < 4.78 is 19.0. The number of nitrogens with two attached hydrogens (primary N) is 1. The summed E-state index contributed by atoms with van der Waals surface area (Å²) in [6.45, 7) is 4.78. The van der Waals surface area contributed by atoms with E-state index in [1.54, 1.807) is 6.07 Å². The van der Waals surface area contributed by atoms with Gasteiger partial charge < -0.3 is 15.4 Å². The van der Waals surface area contributed by atoms with Crippen molar-refractivity contribution in [1.29, 1.82) is 0 Å². The maximum absolute atomic E-state index is 13.7. The Kier molecular flexibility index (Phi) is 3.41. The Labute approximate surface area is 95.0 Å². The lowest BCUT2D eigenvalue weighted by molar-refractivity contribution is 0.122. The van der Waals surface area contributed by atoms with E-state index in [-0.39, 0.29) is 11.9 Å². The molecular formula is C12H17FN2O. The fraction of sp³-hybridized carbons (Fsp3) is 0.500. The number of hydrogen-bond acceptors (Lipinski definition) is 3. The minimum atomic E-state index is -0.293. The van der Waals surface area contributed by atoms with Gasteiger partial charge in [0.05, 0.1) is 13.2 Å². The van der Waals surface area contributed by atoms with E-state index >= 15 is 0 Å². The highest BCUT2D eigenvalue weighted by Gasteiger charge is 2.19. The second-order valence-electron chi connectivity index (χ2n) is 4.06. The Morgan fingerprint density at radius 3 is 2.69 bits per heavy atom. The zero-order valence-corrected chi connectivity index (χ0v) is 9.45. The van der Waals surface area contributed by atoms with E-state index in [2.05, 4.69) is 4.90 Å². The normalized spacial score (nSPS) is 18.6. The SMILES string of the molecule is C[C@@H](N)c1c(F)cccc1N1CCOCC1. The van der Waals surface area contributed by atoms with Gasteiger partial charge in [0.15, 0.2) is 0 Å². The van der Waals surface area contributed by atoms with Crippen molar-refractivity contribution >= 4 is 5.69 Å². The van der Waals surface area contributed by atoms with Gasteiger partial charge >= 0.3 is 0 Å². The van der Waals surface area contributed by atoms with Crippen LogP contribution in [0.1, 0.15) is 18.5 Å². The van der Waals surface area contributed by atoms with E-state index in [4.69, 9.17) is 10.5 Å². The predicted octanol–water partition coefficient (Wildman–Crippen LogP) is 1.68. The van der Waals surface area contributed by atoms with Crippen LogP contribution in [-0.2, 0) is 4.74 Å². The number of anilines is 1. The zero-order valence-electron chi connectivity index (χ0n) is 9.45. The number of nitrogens with zero attached hydrogens (tertiary/aromatic N) is 1. The monoisotopic (exact) mass is 224 g/mol. The molecule has 1 aliphatic heterocycles. The lowest BCUT2D eigenvalue weighted by atomic mass is 10.0. The fourth-order valence-corrected chi connectivity index (χ4v) is 2.06. The molecule has 0 saturated carbocycles. The van der Waals surface area contributed by atoms with Crippen LogP contribution in [0.25, 0.3) is 0 Å². The molecule has 0 bridgehead atoms. The summed E-state index contributed by atoms with van der Waals surface area (Å²) in [6, 6.07) is 4.82. The summed E-state index contributed by atoms with van der Waals surface area (Å²) in [5.74, 6) is -0.223. The van der Waals surface area contributed by atoms with Gasteiger partial charge in [0.25, 0.3) is 0 Å². The van der Waals surface area contributed by atoms with Crippen molar-refractivity contribution in [2.24, 2.45) is 5.73 Å². The summed E-state index contributed by atoms with van der Waals surface area (Å²) in [6.07, 6.45) is 0. The molecule has 3 nitrogen and oxygen atoms in total. The Morgan fingerprint density at radius 1 is 1.38 bits per heavy atom. The predicted molar refractivity (Wildman–Crippen MR) is 62.0 cm³/mol. The van der Waals surface area contributed by atoms with Crippen molar-refractivity contribution in [2.45, 2.75) is 13.0 Å². The first-order valence-corrected chi connectivity index (χ1v) is 5.57. The molecule has 4 heteroatoms. The van der Waals surface area contributed by atoms with Gasteiger partial charge in [-0.2, -0.15) is 0 Å². The number of benzene rings is 1. The molecule has 0 unspecified atom stereocenters. The number of rotatable bonds is 2. The first kappa shape index (κ1) is 11.4. The maximum atomic E-state index is 13.7. The minimum Gasteiger partial charge on any atom is -0.378 e. The van der Waals surface area contributed by atoms with Gasteiger partial charge in [-0.05, 0) is 19.1 Å². The second-order valence-corrected chi connectivity index (χ2v) is 4.06. The maximum Gasteiger partial charge on any atom is 0.130 e. The van der Waals surface area contributed by atoms with E-state index in [0.29, 0.717) is 18.8 Å². The van der Waals surface area contributed by atoms with Gasteiger partial charge in [0, 0.05) is 30.4 Å². The smallest absolute Gasteiger partial charge is 0.130 e. The Bertz CT molecular complexity index is 362. The van der Waals surface area contributed by atoms with Crippen molar-refractivity contribution in [3.63, 3.8) is 0 Å². The highest BCUT2D eigenvalue weighted by Crippen LogP contribution is 2.28. The average Bonchev–Trinajstić information content (AvgIpc) is 2.29. The number of hydrogen-bond donors (Lipinski definition) is 1. The first-order chi connectivity index (χ1) is 7.70. The molecule has 1 atom stereocenters. The van der Waals surface area contributed by atoms with Crippen LogP contribution in [0.15, 0.2) is 18.2 Å². The molecule has 1 aliphatic rings.